The van der Waals surface area contributed by atoms with Gasteiger partial charge in [-0.1, -0.05) is 171 Å². The van der Waals surface area contributed by atoms with E-state index in [-0.39, 0.29) is 12.2 Å². The van der Waals surface area contributed by atoms with E-state index in [0.29, 0.717) is 58.0 Å². The van der Waals surface area contributed by atoms with Crippen molar-refractivity contribution >= 4 is 12.3 Å². The van der Waals surface area contributed by atoms with Crippen molar-refractivity contribution in [2.24, 2.45) is 0 Å². The van der Waals surface area contributed by atoms with Gasteiger partial charge in [0.1, 0.15) is 23.7 Å². The van der Waals surface area contributed by atoms with Crippen molar-refractivity contribution in [1.29, 1.82) is 0 Å². The molecule has 2 N–H and O–H groups in total. The van der Waals surface area contributed by atoms with Crippen LogP contribution in [0.1, 0.15) is 180 Å². The summed E-state index contributed by atoms with van der Waals surface area (Å²) in [4.78, 5) is 23.3. The summed E-state index contributed by atoms with van der Waals surface area (Å²) in [5.41, 5.74) is 4.49. The second-order valence-corrected chi connectivity index (χ2v) is 19.4. The number of benzene rings is 4. The highest BCUT2D eigenvalue weighted by Gasteiger charge is 2.37. The highest BCUT2D eigenvalue weighted by atomic mass is 16.7. The van der Waals surface area contributed by atoms with Crippen molar-refractivity contribution in [2.75, 3.05) is 26.9 Å². The van der Waals surface area contributed by atoms with E-state index in [1.165, 1.54) is 77.7 Å². The lowest BCUT2D eigenvalue weighted by molar-refractivity contribution is -0.0538. The lowest BCUT2D eigenvalue weighted by Crippen LogP contribution is -2.35. The number of aliphatic hydroxyl groups is 2. The Bertz CT molecular complexity index is 2030. The van der Waals surface area contributed by atoms with Crippen molar-refractivity contribution in [3.63, 3.8) is 0 Å². The van der Waals surface area contributed by atoms with Gasteiger partial charge < -0.3 is 38.6 Å². The molecule has 0 amide bonds. The second kappa shape index (κ2) is 30.6. The quantitative estimate of drug-likeness (QED) is 0.0463. The molecule has 0 saturated heterocycles. The Hall–Kier alpha value is -5.06. The molecule has 0 radical (unpaired) electrons. The van der Waals surface area contributed by atoms with Crippen LogP contribution in [-0.2, 0) is 30.1 Å². The zero-order valence-electron chi connectivity index (χ0n) is 42.9. The summed E-state index contributed by atoms with van der Waals surface area (Å²) in [6.45, 7) is 8.59. The smallest absolute Gasteiger partial charge is 0.494 e. The number of unbranched alkanes of at least 4 members (excludes halogenated alkanes) is 12. The Balaban J connectivity index is 0.000000267. The molecule has 0 spiro atoms. The minimum Gasteiger partial charge on any atom is -0.494 e. The molecule has 6 rings (SSSR count). The van der Waals surface area contributed by atoms with Gasteiger partial charge in [0.05, 0.1) is 38.1 Å². The number of carbonyl (C=O) groups is 2. The first-order chi connectivity index (χ1) is 34.1. The molecular formula is C60H84O10. The summed E-state index contributed by atoms with van der Waals surface area (Å²) in [5.74, 6) is 1.81. The molecule has 0 atom stereocenters. The minimum absolute atomic E-state index is 0.195. The van der Waals surface area contributed by atoms with Crippen LogP contribution in [0, 0.1) is 0 Å². The van der Waals surface area contributed by atoms with E-state index in [0.717, 1.165) is 83.8 Å². The van der Waals surface area contributed by atoms with E-state index in [1.807, 2.05) is 60.7 Å². The van der Waals surface area contributed by atoms with Gasteiger partial charge in [0, 0.05) is 0 Å². The molecule has 4 aromatic carbocycles. The zero-order valence-corrected chi connectivity index (χ0v) is 42.9. The van der Waals surface area contributed by atoms with Gasteiger partial charge in [-0.25, -0.2) is 9.59 Å². The fourth-order valence-corrected chi connectivity index (χ4v) is 9.39. The summed E-state index contributed by atoms with van der Waals surface area (Å²) in [6, 6.07) is 32.7. The Morgan fingerprint density at radius 1 is 0.443 bits per heavy atom. The normalized spacial score (nSPS) is 19.8. The standard InChI is InChI=1S/C34H50O5.C26H34O5/c1-3-5-7-9-11-13-27-38-33(35)39-32-22-24-34(36,25-23-32)30-18-14-28(15-19-30)29-16-20-31(21-17-29)37-26-12-10-8-6-4-2;1-3-4-5-6-19-30-23-13-9-21(10-14-23)20-7-11-22(12-8-20)26(28)17-15-24(16-18-26)31-25(27)29-2/h14-21,32,36H,3-13,22-27H2,1-2H3;7-14,24,28H,3-6,15-19H2,1-2H3. The summed E-state index contributed by atoms with van der Waals surface area (Å²) in [6.07, 6.45) is 21.0. The molecule has 2 saturated carbocycles. The van der Waals surface area contributed by atoms with Crippen LogP contribution in [0.2, 0.25) is 0 Å². The van der Waals surface area contributed by atoms with E-state index in [4.69, 9.17) is 23.7 Å². The third-order valence-corrected chi connectivity index (χ3v) is 13.9. The molecule has 70 heavy (non-hydrogen) atoms. The molecule has 2 aliphatic rings. The fourth-order valence-electron chi connectivity index (χ4n) is 9.39. The first-order valence-corrected chi connectivity index (χ1v) is 26.8. The molecule has 384 valence electrons. The Morgan fingerprint density at radius 3 is 1.13 bits per heavy atom. The van der Waals surface area contributed by atoms with Crippen molar-refractivity contribution in [3.05, 3.63) is 108 Å². The topological polar surface area (TPSA) is 130 Å². The summed E-state index contributed by atoms with van der Waals surface area (Å²) in [7, 11) is 1.30. The predicted molar refractivity (Wildman–Crippen MR) is 279 cm³/mol. The van der Waals surface area contributed by atoms with E-state index in [9.17, 15) is 19.8 Å². The molecule has 0 aromatic heterocycles. The SMILES string of the molecule is CCCCCCCCOC(=O)OC1CCC(O)(c2ccc(-c3ccc(OCCCCCCC)cc3)cc2)CC1.CCCCCCOc1ccc(-c2ccc(C3(O)CCC(OC(=O)OC)CC3)cc2)cc1. The van der Waals surface area contributed by atoms with E-state index in [2.05, 4.69) is 61.9 Å². The number of methoxy groups -OCH3 is 1. The van der Waals surface area contributed by atoms with Crippen LogP contribution in [0.5, 0.6) is 11.5 Å². The number of carbonyl (C=O) groups excluding carboxylic acids is 2. The van der Waals surface area contributed by atoms with Crippen LogP contribution in [0.3, 0.4) is 0 Å². The number of ether oxygens (including phenoxy) is 6. The molecule has 0 bridgehead atoms. The Morgan fingerprint density at radius 2 is 0.757 bits per heavy atom. The number of hydrogen-bond donors (Lipinski definition) is 2. The van der Waals surface area contributed by atoms with E-state index in [1.54, 1.807) is 0 Å². The Labute approximate surface area is 419 Å². The molecule has 0 heterocycles. The molecule has 4 aromatic rings. The summed E-state index contributed by atoms with van der Waals surface area (Å²) >= 11 is 0. The highest BCUT2D eigenvalue weighted by molar-refractivity contribution is 5.66. The molecule has 0 aliphatic heterocycles. The maximum absolute atomic E-state index is 12.1. The van der Waals surface area contributed by atoms with Crippen molar-refractivity contribution in [3.8, 4) is 33.8 Å². The van der Waals surface area contributed by atoms with E-state index >= 15 is 0 Å². The molecule has 10 heteroatoms. The van der Waals surface area contributed by atoms with Gasteiger partial charge >= 0.3 is 12.3 Å². The van der Waals surface area contributed by atoms with Gasteiger partial charge in [-0.15, -0.1) is 0 Å². The maximum atomic E-state index is 12.1. The van der Waals surface area contributed by atoms with E-state index < -0.39 is 23.5 Å². The monoisotopic (exact) mass is 965 g/mol. The van der Waals surface area contributed by atoms with Gasteiger partial charge in [-0.05, 0) is 128 Å². The summed E-state index contributed by atoms with van der Waals surface area (Å²) < 4.78 is 32.3. The Kier molecular flexibility index (Phi) is 24.4. The molecule has 2 fully saturated rings. The minimum atomic E-state index is -0.893. The third kappa shape index (κ3) is 18.9. The predicted octanol–water partition coefficient (Wildman–Crippen LogP) is 15.6. The number of hydrogen-bond acceptors (Lipinski definition) is 10. The molecule has 10 nitrogen and oxygen atoms in total. The summed E-state index contributed by atoms with van der Waals surface area (Å²) in [5, 5.41) is 22.4. The van der Waals surface area contributed by atoms with Gasteiger partial charge in [0.15, 0.2) is 0 Å². The van der Waals surface area contributed by atoms with Crippen molar-refractivity contribution < 1.29 is 48.2 Å². The average molecular weight is 965 g/mol. The van der Waals surface area contributed by atoms with Crippen molar-refractivity contribution in [2.45, 2.75) is 192 Å². The van der Waals surface area contributed by atoms with Crippen LogP contribution in [0.25, 0.3) is 22.3 Å². The fraction of sp³-hybridized carbons (Fsp3) is 0.567. The van der Waals surface area contributed by atoms with Crippen LogP contribution >= 0.6 is 0 Å². The molecular weight excluding hydrogens is 881 g/mol. The van der Waals surface area contributed by atoms with Gasteiger partial charge in [0.25, 0.3) is 0 Å². The first-order valence-electron chi connectivity index (χ1n) is 26.8. The van der Waals surface area contributed by atoms with Crippen LogP contribution in [-0.4, -0.2) is 61.7 Å². The van der Waals surface area contributed by atoms with Crippen LogP contribution in [0.15, 0.2) is 97.1 Å². The largest absolute Gasteiger partial charge is 0.508 e. The molecule has 0 unspecified atom stereocenters. The lowest BCUT2D eigenvalue weighted by Gasteiger charge is -2.36. The maximum Gasteiger partial charge on any atom is 0.508 e. The molecule has 2 aliphatic carbocycles. The third-order valence-electron chi connectivity index (χ3n) is 13.9. The van der Waals surface area contributed by atoms with Gasteiger partial charge in [-0.2, -0.15) is 0 Å². The second-order valence-electron chi connectivity index (χ2n) is 19.4. The highest BCUT2D eigenvalue weighted by Crippen LogP contribution is 2.40. The number of rotatable bonds is 26. The van der Waals surface area contributed by atoms with Gasteiger partial charge in [-0.3, -0.25) is 0 Å². The average Bonchev–Trinajstić information content (AvgIpc) is 3.39. The lowest BCUT2D eigenvalue weighted by atomic mass is 9.78. The van der Waals surface area contributed by atoms with Crippen LogP contribution < -0.4 is 9.47 Å². The first kappa shape index (κ1) is 55.9. The zero-order chi connectivity index (χ0) is 49.9. The van der Waals surface area contributed by atoms with Crippen LogP contribution in [0.4, 0.5) is 9.59 Å². The van der Waals surface area contributed by atoms with Gasteiger partial charge in [0.2, 0.25) is 0 Å². The van der Waals surface area contributed by atoms with Crippen molar-refractivity contribution in [1.82, 2.24) is 0 Å².